The van der Waals surface area contributed by atoms with Crippen molar-refractivity contribution in [2.24, 2.45) is 0 Å². The van der Waals surface area contributed by atoms with Gasteiger partial charge in [-0.05, 0) is 54.3 Å². The highest BCUT2D eigenvalue weighted by molar-refractivity contribution is 6.46. The molecule has 4 rings (SSSR count). The van der Waals surface area contributed by atoms with Crippen molar-refractivity contribution in [2.75, 3.05) is 7.11 Å². The first-order valence-electron chi connectivity index (χ1n) is 10.7. The monoisotopic (exact) mass is 449 g/mol. The zero-order chi connectivity index (χ0) is 23.9. The highest BCUT2D eigenvalue weighted by atomic mass is 16.5. The number of hydrogen-bond acceptors (Lipinski definition) is 6. The standard InChI is InChI=1S/C26H27NO6/c1-15-8-10-20(33-15)22-21(24(29)25(30)27(22)14-17-7-6-12-32-17)23(28)18-13-16(26(2,3)4)9-11-19(18)31-5/h6-13,22,28H,14H2,1-5H3/b23-21+. The number of methoxy groups -OCH3 is 1. The second-order valence-corrected chi connectivity index (χ2v) is 9.12. The number of amides is 1. The van der Waals surface area contributed by atoms with Crippen molar-refractivity contribution in [3.05, 3.63) is 82.7 Å². The van der Waals surface area contributed by atoms with Gasteiger partial charge < -0.3 is 23.6 Å². The number of aliphatic hydroxyl groups is 1. The number of benzene rings is 1. The molecule has 7 nitrogen and oxygen atoms in total. The molecule has 1 unspecified atom stereocenters. The molecular formula is C26H27NO6. The van der Waals surface area contributed by atoms with Gasteiger partial charge in [-0.3, -0.25) is 9.59 Å². The summed E-state index contributed by atoms with van der Waals surface area (Å²) in [5.74, 6) is 0.0767. The van der Waals surface area contributed by atoms with Crippen LogP contribution in [0.15, 0.2) is 63.1 Å². The van der Waals surface area contributed by atoms with E-state index in [-0.39, 0.29) is 23.3 Å². The second kappa shape index (κ2) is 8.31. The second-order valence-electron chi connectivity index (χ2n) is 9.12. The number of Topliss-reactive ketones (excluding diaryl/α,β-unsaturated/α-hetero) is 1. The van der Waals surface area contributed by atoms with Crippen molar-refractivity contribution in [1.29, 1.82) is 0 Å². The largest absolute Gasteiger partial charge is 0.507 e. The number of furan rings is 2. The Morgan fingerprint density at radius 3 is 2.48 bits per heavy atom. The molecular weight excluding hydrogens is 422 g/mol. The van der Waals surface area contributed by atoms with Crippen molar-refractivity contribution in [3.8, 4) is 5.75 Å². The molecule has 0 spiro atoms. The Kier molecular flexibility index (Phi) is 5.66. The summed E-state index contributed by atoms with van der Waals surface area (Å²) in [4.78, 5) is 27.6. The molecule has 0 saturated carbocycles. The van der Waals surface area contributed by atoms with E-state index in [0.29, 0.717) is 28.6 Å². The third kappa shape index (κ3) is 4.06. The van der Waals surface area contributed by atoms with Gasteiger partial charge in [0.15, 0.2) is 0 Å². The lowest BCUT2D eigenvalue weighted by Crippen LogP contribution is -2.28. The summed E-state index contributed by atoms with van der Waals surface area (Å²) in [6.07, 6.45) is 1.50. The molecule has 0 aliphatic carbocycles. The van der Waals surface area contributed by atoms with Crippen LogP contribution in [0.25, 0.3) is 5.76 Å². The average Bonchev–Trinajstić information content (AvgIpc) is 3.49. The van der Waals surface area contributed by atoms with E-state index in [9.17, 15) is 14.7 Å². The van der Waals surface area contributed by atoms with Crippen molar-refractivity contribution < 1.29 is 28.3 Å². The molecule has 3 heterocycles. The Balaban J connectivity index is 1.92. The van der Waals surface area contributed by atoms with Crippen LogP contribution in [0.2, 0.25) is 0 Å². The number of aryl methyl sites for hydroxylation is 1. The van der Waals surface area contributed by atoms with Gasteiger partial charge in [-0.1, -0.05) is 26.8 Å². The predicted molar refractivity (Wildman–Crippen MR) is 122 cm³/mol. The minimum Gasteiger partial charge on any atom is -0.507 e. The van der Waals surface area contributed by atoms with Crippen molar-refractivity contribution in [2.45, 2.75) is 45.7 Å². The number of ketones is 1. The zero-order valence-corrected chi connectivity index (χ0v) is 19.3. The lowest BCUT2D eigenvalue weighted by atomic mass is 9.85. The fraction of sp³-hybridized carbons (Fsp3) is 0.308. The lowest BCUT2D eigenvalue weighted by Gasteiger charge is -2.23. The summed E-state index contributed by atoms with van der Waals surface area (Å²) in [5.41, 5.74) is 1.03. The average molecular weight is 450 g/mol. The van der Waals surface area contributed by atoms with Crippen LogP contribution in [0.1, 0.15) is 55.2 Å². The molecule has 1 amide bonds. The molecule has 1 N–H and O–H groups in total. The van der Waals surface area contributed by atoms with Crippen LogP contribution in [0, 0.1) is 6.92 Å². The van der Waals surface area contributed by atoms with Gasteiger partial charge >= 0.3 is 0 Å². The van der Waals surface area contributed by atoms with E-state index in [0.717, 1.165) is 5.56 Å². The highest BCUT2D eigenvalue weighted by Gasteiger charge is 2.48. The van der Waals surface area contributed by atoms with Gasteiger partial charge in [0, 0.05) is 0 Å². The van der Waals surface area contributed by atoms with Crippen LogP contribution in [0.4, 0.5) is 0 Å². The maximum absolute atomic E-state index is 13.2. The number of ether oxygens (including phenoxy) is 1. The number of carbonyl (C=O) groups excluding carboxylic acids is 2. The topological polar surface area (TPSA) is 93.1 Å². The molecule has 1 aliphatic heterocycles. The number of aliphatic hydroxyl groups excluding tert-OH is 1. The third-order valence-electron chi connectivity index (χ3n) is 5.80. The molecule has 1 aromatic carbocycles. The van der Waals surface area contributed by atoms with Crippen molar-refractivity contribution in [3.63, 3.8) is 0 Å². The Hall–Kier alpha value is -3.74. The number of rotatable bonds is 5. The number of nitrogens with zero attached hydrogens (tertiary/aromatic N) is 1. The van der Waals surface area contributed by atoms with Crippen LogP contribution in [0.3, 0.4) is 0 Å². The van der Waals surface area contributed by atoms with Crippen LogP contribution >= 0.6 is 0 Å². The number of carbonyl (C=O) groups is 2. The molecule has 7 heteroatoms. The third-order valence-corrected chi connectivity index (χ3v) is 5.80. The molecule has 172 valence electrons. The molecule has 3 aromatic rings. The molecule has 1 aliphatic rings. The van der Waals surface area contributed by atoms with Gasteiger partial charge in [0.1, 0.15) is 34.8 Å². The summed E-state index contributed by atoms with van der Waals surface area (Å²) in [7, 11) is 1.49. The van der Waals surface area contributed by atoms with E-state index < -0.39 is 17.7 Å². The molecule has 1 saturated heterocycles. The number of likely N-dealkylation sites (tertiary alicyclic amines) is 1. The Bertz CT molecular complexity index is 1230. The highest BCUT2D eigenvalue weighted by Crippen LogP contribution is 2.43. The molecule has 0 radical (unpaired) electrons. The number of hydrogen-bond donors (Lipinski definition) is 1. The smallest absolute Gasteiger partial charge is 0.296 e. The van der Waals surface area contributed by atoms with Crippen molar-refractivity contribution >= 4 is 17.4 Å². The normalized spacial score (nSPS) is 18.2. The lowest BCUT2D eigenvalue weighted by molar-refractivity contribution is -0.140. The quantitative estimate of drug-likeness (QED) is 0.331. The first kappa shape index (κ1) is 22.5. The maximum atomic E-state index is 13.2. The summed E-state index contributed by atoms with van der Waals surface area (Å²) >= 11 is 0. The molecule has 33 heavy (non-hydrogen) atoms. The first-order chi connectivity index (χ1) is 15.6. The van der Waals surface area contributed by atoms with Crippen molar-refractivity contribution in [1.82, 2.24) is 4.90 Å². The minimum absolute atomic E-state index is 0.0507. The molecule has 1 fully saturated rings. The van der Waals surface area contributed by atoms with E-state index in [2.05, 4.69) is 0 Å². The SMILES string of the molecule is COc1ccc(C(C)(C)C)cc1/C(O)=C1\C(=O)C(=O)N(Cc2ccco2)C1c1ccc(C)o1. The van der Waals surface area contributed by atoms with Crippen LogP contribution in [-0.2, 0) is 21.5 Å². The Morgan fingerprint density at radius 1 is 1.15 bits per heavy atom. The van der Waals surface area contributed by atoms with Crippen LogP contribution < -0.4 is 4.74 Å². The summed E-state index contributed by atoms with van der Waals surface area (Å²) < 4.78 is 16.7. The van der Waals surface area contributed by atoms with Gasteiger partial charge in [-0.2, -0.15) is 0 Å². The fourth-order valence-electron chi connectivity index (χ4n) is 4.01. The fourth-order valence-corrected chi connectivity index (χ4v) is 4.01. The van der Waals surface area contributed by atoms with E-state index >= 15 is 0 Å². The van der Waals surface area contributed by atoms with Gasteiger partial charge in [0.25, 0.3) is 11.7 Å². The Morgan fingerprint density at radius 2 is 1.91 bits per heavy atom. The van der Waals surface area contributed by atoms with Gasteiger partial charge in [-0.25, -0.2) is 0 Å². The minimum atomic E-state index is -0.910. The predicted octanol–water partition coefficient (Wildman–Crippen LogP) is 5.11. The van der Waals surface area contributed by atoms with E-state index in [1.165, 1.54) is 18.3 Å². The zero-order valence-electron chi connectivity index (χ0n) is 19.3. The molecule has 0 bridgehead atoms. The van der Waals surface area contributed by atoms with E-state index in [4.69, 9.17) is 13.6 Å². The molecule has 1 atom stereocenters. The summed E-state index contributed by atoms with van der Waals surface area (Å²) in [5, 5.41) is 11.4. The van der Waals surface area contributed by atoms with E-state index in [1.807, 2.05) is 26.8 Å². The first-order valence-corrected chi connectivity index (χ1v) is 10.7. The molecule has 2 aromatic heterocycles. The Labute approximate surface area is 192 Å². The van der Waals surface area contributed by atoms with E-state index in [1.54, 1.807) is 43.3 Å². The van der Waals surface area contributed by atoms with Gasteiger partial charge in [0.05, 0.1) is 31.1 Å². The summed E-state index contributed by atoms with van der Waals surface area (Å²) in [6, 6.07) is 11.4. The van der Waals surface area contributed by atoms with Crippen LogP contribution in [0.5, 0.6) is 5.75 Å². The maximum Gasteiger partial charge on any atom is 0.296 e. The summed E-state index contributed by atoms with van der Waals surface area (Å²) in [6.45, 7) is 7.97. The van der Waals surface area contributed by atoms with Gasteiger partial charge in [0.2, 0.25) is 0 Å². The van der Waals surface area contributed by atoms with Crippen LogP contribution in [-0.4, -0.2) is 28.8 Å². The van der Waals surface area contributed by atoms with Gasteiger partial charge in [-0.15, -0.1) is 0 Å².